The molecule has 17 heavy (non-hydrogen) atoms. The van der Waals surface area contributed by atoms with E-state index in [1.165, 1.54) is 43.5 Å². The lowest BCUT2D eigenvalue weighted by Gasteiger charge is -2.18. The van der Waals surface area contributed by atoms with Gasteiger partial charge in [0.05, 0.1) is 0 Å². The standard InChI is InChI=1S/C15H22N2/c1-3-17-9-6-13-10-12(4-5-14(13)17)11-15(16-2)7-8-15/h4-5,10,16H,3,6-9,11H2,1-2H3. The molecule has 2 heteroatoms. The van der Waals surface area contributed by atoms with Crippen LogP contribution in [0.1, 0.15) is 30.9 Å². The Morgan fingerprint density at radius 1 is 1.35 bits per heavy atom. The first-order valence-electron chi connectivity index (χ1n) is 6.82. The SMILES string of the molecule is CCN1CCc2cc(CC3(NC)CC3)ccc21. The van der Waals surface area contributed by atoms with Crippen LogP contribution < -0.4 is 10.2 Å². The van der Waals surface area contributed by atoms with Crippen molar-refractivity contribution in [3.63, 3.8) is 0 Å². The van der Waals surface area contributed by atoms with Crippen molar-refractivity contribution in [2.75, 3.05) is 25.0 Å². The van der Waals surface area contributed by atoms with Crippen LogP contribution in [0.2, 0.25) is 0 Å². The first-order valence-corrected chi connectivity index (χ1v) is 6.82. The molecule has 2 nitrogen and oxygen atoms in total. The first kappa shape index (κ1) is 11.1. The van der Waals surface area contributed by atoms with Crippen LogP contribution in [0.5, 0.6) is 0 Å². The van der Waals surface area contributed by atoms with Crippen molar-refractivity contribution in [2.24, 2.45) is 0 Å². The second-order valence-electron chi connectivity index (χ2n) is 5.50. The number of hydrogen-bond donors (Lipinski definition) is 1. The lowest BCUT2D eigenvalue weighted by Crippen LogP contribution is -2.29. The van der Waals surface area contributed by atoms with Gasteiger partial charge in [-0.3, -0.25) is 0 Å². The van der Waals surface area contributed by atoms with Crippen molar-refractivity contribution in [3.05, 3.63) is 29.3 Å². The number of nitrogens with zero attached hydrogens (tertiary/aromatic N) is 1. The molecule has 3 rings (SSSR count). The van der Waals surface area contributed by atoms with E-state index in [9.17, 15) is 0 Å². The third kappa shape index (κ3) is 1.95. The van der Waals surface area contributed by atoms with Crippen LogP contribution in [0.4, 0.5) is 5.69 Å². The highest BCUT2D eigenvalue weighted by atomic mass is 15.1. The summed E-state index contributed by atoms with van der Waals surface area (Å²) in [6.45, 7) is 4.57. The fourth-order valence-corrected chi connectivity index (χ4v) is 3.02. The molecular weight excluding hydrogens is 208 g/mol. The molecule has 1 heterocycles. The summed E-state index contributed by atoms with van der Waals surface area (Å²) in [4.78, 5) is 2.48. The highest BCUT2D eigenvalue weighted by Crippen LogP contribution is 2.39. The van der Waals surface area contributed by atoms with E-state index in [2.05, 4.69) is 42.4 Å². The molecule has 1 aliphatic heterocycles. The number of benzene rings is 1. The van der Waals surface area contributed by atoms with Crippen LogP contribution in [0.25, 0.3) is 0 Å². The Hall–Kier alpha value is -1.02. The van der Waals surface area contributed by atoms with Crippen LogP contribution in [0, 0.1) is 0 Å². The number of likely N-dealkylation sites (N-methyl/N-ethyl adjacent to an activating group) is 2. The number of hydrogen-bond acceptors (Lipinski definition) is 2. The molecule has 1 fully saturated rings. The molecular formula is C15H22N2. The highest BCUT2D eigenvalue weighted by molar-refractivity contribution is 5.59. The maximum Gasteiger partial charge on any atom is 0.0399 e. The summed E-state index contributed by atoms with van der Waals surface area (Å²) in [5.41, 5.74) is 4.95. The van der Waals surface area contributed by atoms with Gasteiger partial charge in [0.15, 0.2) is 0 Å². The van der Waals surface area contributed by atoms with E-state index in [0.29, 0.717) is 5.54 Å². The summed E-state index contributed by atoms with van der Waals surface area (Å²) in [7, 11) is 2.10. The molecule has 0 bridgehead atoms. The van der Waals surface area contributed by atoms with Gasteiger partial charge >= 0.3 is 0 Å². The summed E-state index contributed by atoms with van der Waals surface area (Å²) < 4.78 is 0. The molecule has 1 N–H and O–H groups in total. The van der Waals surface area contributed by atoms with E-state index in [0.717, 1.165) is 6.54 Å². The Balaban J connectivity index is 1.80. The van der Waals surface area contributed by atoms with Crippen molar-refractivity contribution < 1.29 is 0 Å². The van der Waals surface area contributed by atoms with E-state index in [4.69, 9.17) is 0 Å². The van der Waals surface area contributed by atoms with Crippen molar-refractivity contribution >= 4 is 5.69 Å². The molecule has 1 aliphatic carbocycles. The van der Waals surface area contributed by atoms with Crippen molar-refractivity contribution in [1.29, 1.82) is 0 Å². The van der Waals surface area contributed by atoms with Crippen molar-refractivity contribution in [2.45, 2.75) is 38.1 Å². The number of nitrogens with one attached hydrogen (secondary N) is 1. The Bertz CT molecular complexity index is 421. The smallest absolute Gasteiger partial charge is 0.0399 e. The molecule has 1 aromatic carbocycles. The van der Waals surface area contributed by atoms with Gasteiger partial charge in [-0.05, 0) is 56.8 Å². The molecule has 0 unspecified atom stereocenters. The minimum Gasteiger partial charge on any atom is -0.371 e. The lowest BCUT2D eigenvalue weighted by molar-refractivity contribution is 0.548. The van der Waals surface area contributed by atoms with Gasteiger partial charge in [0, 0.05) is 24.3 Å². The van der Waals surface area contributed by atoms with Gasteiger partial charge in [0.25, 0.3) is 0 Å². The number of anilines is 1. The van der Waals surface area contributed by atoms with Gasteiger partial charge in [-0.1, -0.05) is 12.1 Å². The Kier molecular flexibility index (Phi) is 2.62. The Labute approximate surface area is 104 Å². The minimum absolute atomic E-state index is 0.428. The van der Waals surface area contributed by atoms with Crippen LogP contribution in [-0.4, -0.2) is 25.7 Å². The van der Waals surface area contributed by atoms with E-state index >= 15 is 0 Å². The van der Waals surface area contributed by atoms with Crippen LogP contribution >= 0.6 is 0 Å². The Morgan fingerprint density at radius 3 is 2.82 bits per heavy atom. The van der Waals surface area contributed by atoms with Gasteiger partial charge in [-0.25, -0.2) is 0 Å². The fraction of sp³-hybridized carbons (Fsp3) is 0.600. The van der Waals surface area contributed by atoms with Gasteiger partial charge in [-0.2, -0.15) is 0 Å². The number of rotatable bonds is 4. The highest BCUT2D eigenvalue weighted by Gasteiger charge is 2.40. The maximum absolute atomic E-state index is 3.48. The zero-order valence-corrected chi connectivity index (χ0v) is 10.9. The van der Waals surface area contributed by atoms with Crippen LogP contribution in [-0.2, 0) is 12.8 Å². The first-order chi connectivity index (χ1) is 8.26. The molecule has 2 aliphatic rings. The summed E-state index contributed by atoms with van der Waals surface area (Å²) in [5, 5.41) is 3.48. The fourth-order valence-electron chi connectivity index (χ4n) is 3.02. The average Bonchev–Trinajstić information content (AvgIpc) is 3.01. The summed E-state index contributed by atoms with van der Waals surface area (Å²) in [5.74, 6) is 0. The largest absolute Gasteiger partial charge is 0.371 e. The van der Waals surface area contributed by atoms with Crippen LogP contribution in [0.15, 0.2) is 18.2 Å². The van der Waals surface area contributed by atoms with E-state index < -0.39 is 0 Å². The zero-order valence-electron chi connectivity index (χ0n) is 10.9. The Morgan fingerprint density at radius 2 is 2.18 bits per heavy atom. The van der Waals surface area contributed by atoms with Crippen molar-refractivity contribution in [1.82, 2.24) is 5.32 Å². The van der Waals surface area contributed by atoms with E-state index in [-0.39, 0.29) is 0 Å². The maximum atomic E-state index is 3.48. The summed E-state index contributed by atoms with van der Waals surface area (Å²) in [6, 6.07) is 7.08. The van der Waals surface area contributed by atoms with Crippen LogP contribution in [0.3, 0.4) is 0 Å². The predicted molar refractivity (Wildman–Crippen MR) is 72.8 cm³/mol. The van der Waals surface area contributed by atoms with Gasteiger partial charge in [0.1, 0.15) is 0 Å². The van der Waals surface area contributed by atoms with Crippen molar-refractivity contribution in [3.8, 4) is 0 Å². The molecule has 0 spiro atoms. The van der Waals surface area contributed by atoms with Gasteiger partial charge in [-0.15, -0.1) is 0 Å². The molecule has 0 aromatic heterocycles. The topological polar surface area (TPSA) is 15.3 Å². The van der Waals surface area contributed by atoms with E-state index in [1.807, 2.05) is 0 Å². The van der Waals surface area contributed by atoms with E-state index in [1.54, 1.807) is 5.56 Å². The normalized spacial score (nSPS) is 20.5. The van der Waals surface area contributed by atoms with Gasteiger partial charge < -0.3 is 10.2 Å². The molecule has 0 amide bonds. The summed E-state index contributed by atoms with van der Waals surface area (Å²) >= 11 is 0. The summed E-state index contributed by atoms with van der Waals surface area (Å²) in [6.07, 6.45) is 5.09. The molecule has 1 aromatic rings. The second kappa shape index (κ2) is 4.02. The lowest BCUT2D eigenvalue weighted by atomic mass is 10.0. The monoisotopic (exact) mass is 230 g/mol. The predicted octanol–water partition coefficient (Wildman–Crippen LogP) is 2.36. The minimum atomic E-state index is 0.428. The zero-order chi connectivity index (χ0) is 11.9. The molecule has 1 saturated carbocycles. The third-order valence-electron chi connectivity index (χ3n) is 4.44. The second-order valence-corrected chi connectivity index (χ2v) is 5.50. The molecule has 0 atom stereocenters. The average molecular weight is 230 g/mol. The molecule has 0 saturated heterocycles. The van der Waals surface area contributed by atoms with Gasteiger partial charge in [0.2, 0.25) is 0 Å². The molecule has 0 radical (unpaired) electrons. The molecule has 92 valence electrons. The number of fused-ring (bicyclic) bond motifs is 1. The quantitative estimate of drug-likeness (QED) is 0.854. The third-order valence-corrected chi connectivity index (χ3v) is 4.44.